The van der Waals surface area contributed by atoms with Crippen molar-refractivity contribution in [2.24, 2.45) is 0 Å². The number of hydrogen-bond donors (Lipinski definition) is 1. The molecule has 0 saturated carbocycles. The van der Waals surface area contributed by atoms with Crippen LogP contribution in [-0.4, -0.2) is 19.5 Å². The Morgan fingerprint density at radius 3 is 2.58 bits per heavy atom. The largest absolute Gasteiger partial charge is 0.353 e. The van der Waals surface area contributed by atoms with E-state index in [4.69, 9.17) is 11.6 Å². The minimum atomic E-state index is -3.50. The van der Waals surface area contributed by atoms with Crippen LogP contribution >= 0.6 is 27.5 Å². The summed E-state index contributed by atoms with van der Waals surface area (Å²) in [6.45, 7) is 0.915. The van der Waals surface area contributed by atoms with Crippen molar-refractivity contribution in [3.05, 3.63) is 52.2 Å². The Morgan fingerprint density at radius 2 is 1.95 bits per heavy atom. The summed E-state index contributed by atoms with van der Waals surface area (Å²) in [6.07, 6.45) is 3.76. The van der Waals surface area contributed by atoms with Gasteiger partial charge in [-0.3, -0.25) is 0 Å². The molecule has 0 aliphatic heterocycles. The molecule has 0 aliphatic carbocycles. The lowest BCUT2D eigenvalue weighted by Gasteiger charge is -2.08. The molecule has 2 rings (SSSR count). The Bertz CT molecular complexity index is 656. The minimum Gasteiger partial charge on any atom is -0.353 e. The van der Waals surface area contributed by atoms with Crippen LogP contribution in [0.25, 0.3) is 0 Å². The van der Waals surface area contributed by atoms with Crippen molar-refractivity contribution in [2.45, 2.75) is 11.4 Å². The van der Waals surface area contributed by atoms with Gasteiger partial charge in [0.15, 0.2) is 0 Å². The molecule has 0 unspecified atom stereocenters. The first kappa shape index (κ1) is 14.6. The van der Waals surface area contributed by atoms with Crippen LogP contribution in [0.15, 0.2) is 52.1 Å². The second kappa shape index (κ2) is 6.09. The molecule has 1 aromatic heterocycles. The molecular formula is C12H12BrClN2O2S. The summed E-state index contributed by atoms with van der Waals surface area (Å²) in [5.74, 6) is 0. The van der Waals surface area contributed by atoms with Crippen molar-refractivity contribution >= 4 is 37.6 Å². The summed E-state index contributed by atoms with van der Waals surface area (Å²) in [5, 5.41) is 0.478. The fraction of sp³-hybridized carbons (Fsp3) is 0.167. The number of sulfonamides is 1. The maximum Gasteiger partial charge on any atom is 0.240 e. The van der Waals surface area contributed by atoms with Crippen molar-refractivity contribution in [2.75, 3.05) is 6.54 Å². The number of nitrogens with zero attached hydrogens (tertiary/aromatic N) is 1. The number of nitrogens with one attached hydrogen (secondary N) is 1. The Hall–Kier alpha value is -0.820. The van der Waals surface area contributed by atoms with Crippen molar-refractivity contribution in [1.29, 1.82) is 0 Å². The van der Waals surface area contributed by atoms with Crippen LogP contribution < -0.4 is 4.72 Å². The SMILES string of the molecule is O=S(=O)(NCCn1cccc1)c1ccc(Cl)c(Br)c1. The topological polar surface area (TPSA) is 51.1 Å². The highest BCUT2D eigenvalue weighted by Gasteiger charge is 2.14. The van der Waals surface area contributed by atoms with E-state index >= 15 is 0 Å². The zero-order valence-electron chi connectivity index (χ0n) is 9.88. The van der Waals surface area contributed by atoms with E-state index in [0.29, 0.717) is 22.6 Å². The van der Waals surface area contributed by atoms with Crippen molar-refractivity contribution < 1.29 is 8.42 Å². The van der Waals surface area contributed by atoms with Crippen molar-refractivity contribution in [1.82, 2.24) is 9.29 Å². The van der Waals surface area contributed by atoms with Crippen LogP contribution in [0.3, 0.4) is 0 Å². The molecule has 0 aliphatic rings. The number of aromatic nitrogens is 1. The van der Waals surface area contributed by atoms with Gasteiger partial charge in [-0.15, -0.1) is 0 Å². The lowest BCUT2D eigenvalue weighted by molar-refractivity contribution is 0.573. The molecule has 0 atom stereocenters. The van der Waals surface area contributed by atoms with Gasteiger partial charge in [0.1, 0.15) is 0 Å². The summed E-state index contributed by atoms with van der Waals surface area (Å²) < 4.78 is 29.1. The third-order valence-corrected chi connectivity index (χ3v) is 5.20. The predicted octanol–water partition coefficient (Wildman–Crippen LogP) is 2.88. The molecule has 0 amide bonds. The zero-order valence-corrected chi connectivity index (χ0v) is 13.0. The number of benzene rings is 1. The monoisotopic (exact) mass is 362 g/mol. The average Bonchev–Trinajstić information content (AvgIpc) is 2.85. The Morgan fingerprint density at radius 1 is 1.26 bits per heavy atom. The molecule has 1 aromatic carbocycles. The molecule has 0 radical (unpaired) electrons. The van der Waals surface area contributed by atoms with Gasteiger partial charge >= 0.3 is 0 Å². The molecule has 0 saturated heterocycles. The van der Waals surface area contributed by atoms with Gasteiger partial charge < -0.3 is 4.57 Å². The first-order valence-electron chi connectivity index (χ1n) is 5.54. The van der Waals surface area contributed by atoms with Crippen molar-refractivity contribution in [3.63, 3.8) is 0 Å². The number of halogens is 2. The van der Waals surface area contributed by atoms with Gasteiger partial charge in [-0.1, -0.05) is 11.6 Å². The molecule has 2 aromatic rings. The van der Waals surface area contributed by atoms with Gasteiger partial charge in [-0.25, -0.2) is 13.1 Å². The molecule has 0 fully saturated rings. The Kier molecular flexibility index (Phi) is 4.67. The second-order valence-corrected chi connectivity index (χ2v) is 6.92. The Labute approximate surface area is 125 Å². The van der Waals surface area contributed by atoms with Gasteiger partial charge in [0.25, 0.3) is 0 Å². The molecule has 19 heavy (non-hydrogen) atoms. The molecule has 7 heteroatoms. The zero-order chi connectivity index (χ0) is 13.9. The molecule has 0 spiro atoms. The standard InChI is InChI=1S/C12H12BrClN2O2S/c13-11-9-10(3-4-12(11)14)19(17,18)15-5-8-16-6-1-2-7-16/h1-4,6-7,9,15H,5,8H2. The smallest absolute Gasteiger partial charge is 0.240 e. The quantitative estimate of drug-likeness (QED) is 0.888. The highest BCUT2D eigenvalue weighted by atomic mass is 79.9. The van der Waals surface area contributed by atoms with Crippen LogP contribution in [0, 0.1) is 0 Å². The highest BCUT2D eigenvalue weighted by molar-refractivity contribution is 9.10. The fourth-order valence-electron chi connectivity index (χ4n) is 1.56. The van der Waals surface area contributed by atoms with Gasteiger partial charge in [0.05, 0.1) is 9.92 Å². The van der Waals surface area contributed by atoms with Crippen molar-refractivity contribution in [3.8, 4) is 0 Å². The molecule has 0 bridgehead atoms. The van der Waals surface area contributed by atoms with Gasteiger partial charge in [0, 0.05) is 30.0 Å². The van der Waals surface area contributed by atoms with E-state index in [2.05, 4.69) is 20.7 Å². The van der Waals surface area contributed by atoms with Crippen LogP contribution in [0.4, 0.5) is 0 Å². The lowest BCUT2D eigenvalue weighted by Crippen LogP contribution is -2.27. The van der Waals surface area contributed by atoms with E-state index in [1.807, 2.05) is 29.1 Å². The van der Waals surface area contributed by atoms with E-state index in [-0.39, 0.29) is 4.90 Å². The third-order valence-electron chi connectivity index (χ3n) is 2.53. The summed E-state index contributed by atoms with van der Waals surface area (Å²) >= 11 is 9.05. The van der Waals surface area contributed by atoms with E-state index in [9.17, 15) is 8.42 Å². The summed E-state index contributed by atoms with van der Waals surface area (Å²) in [6, 6.07) is 8.30. The lowest BCUT2D eigenvalue weighted by atomic mass is 10.4. The maximum atomic E-state index is 12.0. The molecular weight excluding hydrogens is 352 g/mol. The van der Waals surface area contributed by atoms with Crippen LogP contribution in [0.2, 0.25) is 5.02 Å². The van der Waals surface area contributed by atoms with Crippen LogP contribution in [0.5, 0.6) is 0 Å². The summed E-state index contributed by atoms with van der Waals surface area (Å²) in [5.41, 5.74) is 0. The minimum absolute atomic E-state index is 0.191. The normalized spacial score (nSPS) is 11.7. The number of rotatable bonds is 5. The molecule has 102 valence electrons. The maximum absolute atomic E-state index is 12.0. The van der Waals surface area contributed by atoms with Gasteiger partial charge in [-0.2, -0.15) is 0 Å². The van der Waals surface area contributed by atoms with Gasteiger partial charge in [-0.05, 0) is 46.3 Å². The second-order valence-electron chi connectivity index (χ2n) is 3.89. The van der Waals surface area contributed by atoms with E-state index in [1.165, 1.54) is 12.1 Å². The van der Waals surface area contributed by atoms with Crippen LogP contribution in [-0.2, 0) is 16.6 Å². The first-order valence-corrected chi connectivity index (χ1v) is 8.20. The highest BCUT2D eigenvalue weighted by Crippen LogP contribution is 2.25. The summed E-state index contributed by atoms with van der Waals surface area (Å²) in [7, 11) is -3.50. The summed E-state index contributed by atoms with van der Waals surface area (Å²) in [4.78, 5) is 0.191. The van der Waals surface area contributed by atoms with E-state index < -0.39 is 10.0 Å². The average molecular weight is 364 g/mol. The Balaban J connectivity index is 2.03. The molecule has 1 heterocycles. The fourth-order valence-corrected chi connectivity index (χ4v) is 3.25. The predicted molar refractivity (Wildman–Crippen MR) is 78.8 cm³/mol. The van der Waals surface area contributed by atoms with E-state index in [1.54, 1.807) is 6.07 Å². The third kappa shape index (κ3) is 3.82. The number of hydrogen-bond acceptors (Lipinski definition) is 2. The molecule has 4 nitrogen and oxygen atoms in total. The first-order chi connectivity index (χ1) is 8.99. The van der Waals surface area contributed by atoms with Gasteiger partial charge in [0.2, 0.25) is 10.0 Å². The van der Waals surface area contributed by atoms with E-state index in [0.717, 1.165) is 0 Å². The molecule has 1 N–H and O–H groups in total. The van der Waals surface area contributed by atoms with Crippen LogP contribution in [0.1, 0.15) is 0 Å².